The fourth-order valence-corrected chi connectivity index (χ4v) is 1.98. The van der Waals surface area contributed by atoms with Crippen LogP contribution >= 0.6 is 0 Å². The molecule has 0 heterocycles. The number of benzene rings is 1. The number of para-hydroxylation sites is 1. The van der Waals surface area contributed by atoms with E-state index in [1.54, 1.807) is 4.90 Å². The zero-order valence-corrected chi connectivity index (χ0v) is 9.65. The van der Waals surface area contributed by atoms with Gasteiger partial charge in [-0.1, -0.05) is 24.6 Å². The summed E-state index contributed by atoms with van der Waals surface area (Å²) in [4.78, 5) is 13.7. The van der Waals surface area contributed by atoms with Crippen LogP contribution in [0.15, 0.2) is 24.3 Å². The van der Waals surface area contributed by atoms with E-state index < -0.39 is 0 Å². The van der Waals surface area contributed by atoms with Gasteiger partial charge in [-0.2, -0.15) is 0 Å². The Bertz CT molecular complexity index is 385. The summed E-state index contributed by atoms with van der Waals surface area (Å²) < 4.78 is 0. The van der Waals surface area contributed by atoms with Crippen molar-refractivity contribution in [1.82, 2.24) is 4.90 Å². The van der Waals surface area contributed by atoms with Gasteiger partial charge in [0.1, 0.15) is 0 Å². The highest BCUT2D eigenvalue weighted by atomic mass is 16.2. The molecular weight excluding hydrogens is 200 g/mol. The third-order valence-electron chi connectivity index (χ3n) is 3.29. The first-order valence-corrected chi connectivity index (χ1v) is 5.77. The van der Waals surface area contributed by atoms with Gasteiger partial charge in [0.05, 0.1) is 0 Å². The predicted molar refractivity (Wildman–Crippen MR) is 64.7 cm³/mol. The summed E-state index contributed by atoms with van der Waals surface area (Å²) in [7, 11) is 1.85. The van der Waals surface area contributed by atoms with Crippen molar-refractivity contribution in [2.75, 3.05) is 12.8 Å². The molecule has 1 aliphatic rings. The molecular formula is C13H18N2O. The van der Waals surface area contributed by atoms with Crippen molar-refractivity contribution in [3.63, 3.8) is 0 Å². The monoisotopic (exact) mass is 218 g/mol. The normalized spacial score (nSPS) is 15.6. The summed E-state index contributed by atoms with van der Waals surface area (Å²) in [5.41, 5.74) is 7.64. The Hall–Kier alpha value is -1.51. The van der Waals surface area contributed by atoms with E-state index in [0.717, 1.165) is 24.1 Å². The van der Waals surface area contributed by atoms with Crippen molar-refractivity contribution >= 4 is 11.6 Å². The minimum absolute atomic E-state index is 0.259. The number of carbonyl (C=O) groups excluding carboxylic acids is 1. The van der Waals surface area contributed by atoms with Gasteiger partial charge in [0.15, 0.2) is 0 Å². The first-order valence-electron chi connectivity index (χ1n) is 5.77. The van der Waals surface area contributed by atoms with Crippen LogP contribution in [0.2, 0.25) is 0 Å². The Labute approximate surface area is 96.2 Å². The summed E-state index contributed by atoms with van der Waals surface area (Å²) in [6.07, 6.45) is 3.29. The second-order valence-electron chi connectivity index (χ2n) is 4.52. The molecule has 1 aliphatic carbocycles. The Morgan fingerprint density at radius 2 is 2.12 bits per heavy atom. The molecule has 1 saturated carbocycles. The lowest BCUT2D eigenvalue weighted by Gasteiger charge is -2.29. The molecule has 0 bridgehead atoms. The Morgan fingerprint density at radius 3 is 2.69 bits per heavy atom. The first-order chi connectivity index (χ1) is 7.68. The Morgan fingerprint density at radius 1 is 1.44 bits per heavy atom. The van der Waals surface area contributed by atoms with Crippen molar-refractivity contribution < 1.29 is 4.79 Å². The van der Waals surface area contributed by atoms with Crippen LogP contribution in [0.3, 0.4) is 0 Å². The standard InChI is InChI=1S/C13H18N2O/c1-15(13(16)10-6-4-7-10)9-11-5-2-3-8-12(11)14/h2-3,5,8,10H,4,6-7,9,14H2,1H3. The number of nitrogen functional groups attached to an aromatic ring is 1. The van der Waals surface area contributed by atoms with Crippen LogP contribution in [0, 0.1) is 5.92 Å². The Kier molecular flexibility index (Phi) is 3.13. The number of nitrogens with two attached hydrogens (primary N) is 1. The molecule has 86 valence electrons. The molecule has 1 amide bonds. The molecule has 0 atom stereocenters. The number of hydrogen-bond donors (Lipinski definition) is 1. The molecule has 2 rings (SSSR count). The maximum Gasteiger partial charge on any atom is 0.225 e. The third kappa shape index (κ3) is 2.18. The van der Waals surface area contributed by atoms with E-state index in [0.29, 0.717) is 6.54 Å². The molecule has 2 N–H and O–H groups in total. The van der Waals surface area contributed by atoms with Crippen LogP contribution in [0.4, 0.5) is 5.69 Å². The maximum atomic E-state index is 11.9. The highest BCUT2D eigenvalue weighted by Crippen LogP contribution is 2.28. The first kappa shape index (κ1) is 11.0. The van der Waals surface area contributed by atoms with Gasteiger partial charge in [-0.3, -0.25) is 4.79 Å². The predicted octanol–water partition coefficient (Wildman–Crippen LogP) is 2.03. The van der Waals surface area contributed by atoms with E-state index in [9.17, 15) is 4.79 Å². The lowest BCUT2D eigenvalue weighted by Crippen LogP contribution is -2.35. The summed E-state index contributed by atoms with van der Waals surface area (Å²) in [6, 6.07) is 7.71. The number of hydrogen-bond acceptors (Lipinski definition) is 2. The van der Waals surface area contributed by atoms with E-state index in [-0.39, 0.29) is 11.8 Å². The van der Waals surface area contributed by atoms with Gasteiger partial charge in [-0.25, -0.2) is 0 Å². The van der Waals surface area contributed by atoms with Gasteiger partial charge in [-0.05, 0) is 24.5 Å². The summed E-state index contributed by atoms with van der Waals surface area (Å²) in [5.74, 6) is 0.518. The molecule has 1 fully saturated rings. The third-order valence-corrected chi connectivity index (χ3v) is 3.29. The van der Waals surface area contributed by atoms with E-state index >= 15 is 0 Å². The quantitative estimate of drug-likeness (QED) is 0.789. The van der Waals surface area contributed by atoms with E-state index in [4.69, 9.17) is 5.73 Å². The fourth-order valence-electron chi connectivity index (χ4n) is 1.98. The minimum Gasteiger partial charge on any atom is -0.398 e. The number of amides is 1. The number of carbonyl (C=O) groups is 1. The second-order valence-corrected chi connectivity index (χ2v) is 4.52. The van der Waals surface area contributed by atoms with Crippen LogP contribution in [0.1, 0.15) is 24.8 Å². The van der Waals surface area contributed by atoms with Crippen LogP contribution in [-0.4, -0.2) is 17.9 Å². The van der Waals surface area contributed by atoms with Crippen LogP contribution in [-0.2, 0) is 11.3 Å². The van der Waals surface area contributed by atoms with E-state index in [1.165, 1.54) is 6.42 Å². The van der Waals surface area contributed by atoms with Gasteiger partial charge < -0.3 is 10.6 Å². The van der Waals surface area contributed by atoms with Crippen LogP contribution in [0.25, 0.3) is 0 Å². The average Bonchev–Trinajstić information content (AvgIpc) is 2.18. The molecule has 0 unspecified atom stereocenters. The molecule has 0 spiro atoms. The van der Waals surface area contributed by atoms with Gasteiger partial charge in [0, 0.05) is 25.2 Å². The van der Waals surface area contributed by atoms with Gasteiger partial charge in [-0.15, -0.1) is 0 Å². The van der Waals surface area contributed by atoms with Crippen molar-refractivity contribution in [3.8, 4) is 0 Å². The fraction of sp³-hybridized carbons (Fsp3) is 0.462. The molecule has 1 aromatic rings. The zero-order valence-electron chi connectivity index (χ0n) is 9.65. The summed E-state index contributed by atoms with van der Waals surface area (Å²) in [6.45, 7) is 0.613. The van der Waals surface area contributed by atoms with E-state index in [2.05, 4.69) is 0 Å². The van der Waals surface area contributed by atoms with Crippen LogP contribution in [0.5, 0.6) is 0 Å². The van der Waals surface area contributed by atoms with Gasteiger partial charge in [0.2, 0.25) is 5.91 Å². The molecule has 1 aromatic carbocycles. The number of rotatable bonds is 3. The van der Waals surface area contributed by atoms with E-state index in [1.807, 2.05) is 31.3 Å². The largest absolute Gasteiger partial charge is 0.398 e. The molecule has 3 nitrogen and oxygen atoms in total. The maximum absolute atomic E-state index is 11.9. The number of anilines is 1. The van der Waals surface area contributed by atoms with Crippen LogP contribution < -0.4 is 5.73 Å². The molecule has 0 radical (unpaired) electrons. The van der Waals surface area contributed by atoms with Gasteiger partial charge >= 0.3 is 0 Å². The van der Waals surface area contributed by atoms with Gasteiger partial charge in [0.25, 0.3) is 0 Å². The number of nitrogens with zero attached hydrogens (tertiary/aromatic N) is 1. The van der Waals surface area contributed by atoms with Crippen molar-refractivity contribution in [3.05, 3.63) is 29.8 Å². The molecule has 3 heteroatoms. The molecule has 0 aliphatic heterocycles. The highest BCUT2D eigenvalue weighted by Gasteiger charge is 2.27. The topological polar surface area (TPSA) is 46.3 Å². The van der Waals surface area contributed by atoms with Crippen molar-refractivity contribution in [2.45, 2.75) is 25.8 Å². The van der Waals surface area contributed by atoms with Crippen molar-refractivity contribution in [1.29, 1.82) is 0 Å². The summed E-state index contributed by atoms with van der Waals surface area (Å²) in [5, 5.41) is 0. The SMILES string of the molecule is CN(Cc1ccccc1N)C(=O)C1CCC1. The second kappa shape index (κ2) is 4.56. The molecule has 16 heavy (non-hydrogen) atoms. The lowest BCUT2D eigenvalue weighted by atomic mass is 9.84. The molecule has 0 saturated heterocycles. The average molecular weight is 218 g/mol. The lowest BCUT2D eigenvalue weighted by molar-refractivity contribution is -0.137. The summed E-state index contributed by atoms with van der Waals surface area (Å²) >= 11 is 0. The smallest absolute Gasteiger partial charge is 0.225 e. The molecule has 0 aromatic heterocycles. The Balaban J connectivity index is 1.98. The van der Waals surface area contributed by atoms with Crippen molar-refractivity contribution in [2.24, 2.45) is 5.92 Å². The highest BCUT2D eigenvalue weighted by molar-refractivity contribution is 5.79. The minimum atomic E-state index is 0.259. The zero-order chi connectivity index (χ0) is 11.5.